The number of amides is 1. The Kier molecular flexibility index (Phi) is 11.7. The minimum atomic E-state index is -5.08. The number of carboxylic acids is 1. The number of aryl methyl sites for hydroxylation is 1. The molecule has 0 unspecified atom stereocenters. The van der Waals surface area contributed by atoms with E-state index in [1.807, 2.05) is 0 Å². The number of hydrogen-bond acceptors (Lipinski definition) is 7. The topological polar surface area (TPSA) is 206 Å². The van der Waals surface area contributed by atoms with Crippen molar-refractivity contribution < 1.29 is 45.5 Å². The second kappa shape index (κ2) is 13.9. The highest BCUT2D eigenvalue weighted by Crippen LogP contribution is 2.13. The number of anilines is 1. The van der Waals surface area contributed by atoms with E-state index in [2.05, 4.69) is 15.5 Å². The molecule has 2 rings (SSSR count). The summed E-state index contributed by atoms with van der Waals surface area (Å²) in [4.78, 5) is 38.5. The van der Waals surface area contributed by atoms with Crippen LogP contribution in [0.5, 0.6) is 0 Å². The fourth-order valence-corrected chi connectivity index (χ4v) is 3.71. The van der Waals surface area contributed by atoms with Crippen molar-refractivity contribution in [1.29, 1.82) is 5.41 Å². The first-order valence-electron chi connectivity index (χ1n) is 10.3. The SMILES string of the molecule is Cc1ccc(NS(=O)(=O)Cc2ccc(F)cc2)c(=O)n1CC(=O)NCCONC(=N)N.O=C(O)C(F)(F)F. The third-order valence-electron chi connectivity index (χ3n) is 4.18. The lowest BCUT2D eigenvalue weighted by Crippen LogP contribution is -2.37. The smallest absolute Gasteiger partial charge is 0.475 e. The highest BCUT2D eigenvalue weighted by molar-refractivity contribution is 7.91. The summed E-state index contributed by atoms with van der Waals surface area (Å²) in [5, 5.41) is 16.6. The van der Waals surface area contributed by atoms with Gasteiger partial charge in [0.2, 0.25) is 21.9 Å². The number of hydrogen-bond donors (Lipinski definition) is 6. The summed E-state index contributed by atoms with van der Waals surface area (Å²) in [5.74, 6) is -4.58. The van der Waals surface area contributed by atoms with Crippen LogP contribution in [0.15, 0.2) is 41.2 Å². The van der Waals surface area contributed by atoms with Gasteiger partial charge in [-0.1, -0.05) is 12.1 Å². The van der Waals surface area contributed by atoms with E-state index < -0.39 is 45.2 Å². The minimum Gasteiger partial charge on any atom is -0.475 e. The van der Waals surface area contributed by atoms with Crippen LogP contribution in [0.2, 0.25) is 0 Å². The van der Waals surface area contributed by atoms with Crippen molar-refractivity contribution in [3.8, 4) is 0 Å². The molecule has 0 atom stereocenters. The Balaban J connectivity index is 0.000000905. The molecule has 18 heteroatoms. The van der Waals surface area contributed by atoms with Gasteiger partial charge in [-0.05, 0) is 36.8 Å². The summed E-state index contributed by atoms with van der Waals surface area (Å²) < 4.78 is 72.9. The van der Waals surface area contributed by atoms with Crippen molar-refractivity contribution in [3.05, 3.63) is 63.8 Å². The molecule has 0 radical (unpaired) electrons. The monoisotopic (exact) mass is 568 g/mol. The molecule has 0 fully saturated rings. The molecule has 0 saturated heterocycles. The number of rotatable bonds is 10. The molecule has 13 nitrogen and oxygen atoms in total. The molecule has 0 spiro atoms. The number of carbonyl (C=O) groups is 2. The number of guanidine groups is 1. The third-order valence-corrected chi connectivity index (χ3v) is 5.42. The Hall–Kier alpha value is -4.19. The maximum Gasteiger partial charge on any atom is 0.490 e. The molecule has 0 aliphatic rings. The number of nitrogens with zero attached hydrogens (tertiary/aromatic N) is 1. The summed E-state index contributed by atoms with van der Waals surface area (Å²) in [6, 6.07) is 7.77. The van der Waals surface area contributed by atoms with E-state index in [0.717, 1.165) is 16.7 Å². The Bertz CT molecular complexity index is 1300. The van der Waals surface area contributed by atoms with Gasteiger partial charge < -0.3 is 20.7 Å². The molecule has 0 aliphatic heterocycles. The number of nitrogens with one attached hydrogen (secondary N) is 4. The Morgan fingerprint density at radius 1 is 1.16 bits per heavy atom. The molecular weight excluding hydrogens is 544 g/mol. The number of sulfonamides is 1. The number of aliphatic carboxylic acids is 1. The summed E-state index contributed by atoms with van der Waals surface area (Å²) in [5.41, 5.74) is 7.05. The van der Waals surface area contributed by atoms with Crippen molar-refractivity contribution in [1.82, 2.24) is 15.4 Å². The van der Waals surface area contributed by atoms with Gasteiger partial charge in [0, 0.05) is 12.2 Å². The normalized spacial score (nSPS) is 11.1. The second-order valence-electron chi connectivity index (χ2n) is 7.28. The van der Waals surface area contributed by atoms with Crippen molar-refractivity contribution in [2.45, 2.75) is 25.4 Å². The van der Waals surface area contributed by atoms with E-state index in [1.165, 1.54) is 24.3 Å². The van der Waals surface area contributed by atoms with E-state index in [4.69, 9.17) is 25.9 Å². The van der Waals surface area contributed by atoms with Gasteiger partial charge in [-0.2, -0.15) is 13.2 Å². The molecule has 38 heavy (non-hydrogen) atoms. The summed E-state index contributed by atoms with van der Waals surface area (Å²) >= 11 is 0. The van der Waals surface area contributed by atoms with Crippen molar-refractivity contribution in [3.63, 3.8) is 0 Å². The lowest BCUT2D eigenvalue weighted by Gasteiger charge is -2.14. The van der Waals surface area contributed by atoms with Crippen LogP contribution in [0.1, 0.15) is 11.3 Å². The van der Waals surface area contributed by atoms with Crippen LogP contribution in [0.3, 0.4) is 0 Å². The predicted octanol–water partition coefficient (Wildman–Crippen LogP) is 0.402. The first-order chi connectivity index (χ1) is 17.5. The Morgan fingerprint density at radius 3 is 2.26 bits per heavy atom. The van der Waals surface area contributed by atoms with Gasteiger partial charge in [-0.15, -0.1) is 0 Å². The van der Waals surface area contributed by atoms with E-state index in [-0.39, 0.29) is 31.3 Å². The molecule has 210 valence electrons. The van der Waals surface area contributed by atoms with E-state index in [0.29, 0.717) is 11.3 Å². The zero-order valence-corrected chi connectivity index (χ0v) is 20.5. The summed E-state index contributed by atoms with van der Waals surface area (Å²) in [6.45, 7) is 1.39. The number of alkyl halides is 3. The molecule has 1 aromatic heterocycles. The molecule has 7 N–H and O–H groups in total. The molecular formula is C20H24F4N6O7S. The first-order valence-corrected chi connectivity index (χ1v) is 11.9. The predicted molar refractivity (Wildman–Crippen MR) is 126 cm³/mol. The van der Waals surface area contributed by atoms with Gasteiger partial charge >= 0.3 is 12.1 Å². The van der Waals surface area contributed by atoms with Crippen LogP contribution < -0.4 is 26.8 Å². The zero-order valence-electron chi connectivity index (χ0n) is 19.6. The van der Waals surface area contributed by atoms with Gasteiger partial charge in [0.15, 0.2) is 0 Å². The number of nitrogens with two attached hydrogens (primary N) is 1. The van der Waals surface area contributed by atoms with Crippen LogP contribution >= 0.6 is 0 Å². The lowest BCUT2D eigenvalue weighted by atomic mass is 10.2. The Morgan fingerprint density at radius 2 is 1.74 bits per heavy atom. The van der Waals surface area contributed by atoms with Gasteiger partial charge in [-0.25, -0.2) is 23.1 Å². The summed E-state index contributed by atoms with van der Waals surface area (Å²) in [6.07, 6.45) is -5.08. The number of hydroxylamine groups is 1. The number of carbonyl (C=O) groups excluding carboxylic acids is 1. The van der Waals surface area contributed by atoms with Crippen LogP contribution in [-0.4, -0.2) is 55.3 Å². The highest BCUT2D eigenvalue weighted by Gasteiger charge is 2.38. The summed E-state index contributed by atoms with van der Waals surface area (Å²) in [7, 11) is -3.95. The quantitative estimate of drug-likeness (QED) is 0.0770. The zero-order chi connectivity index (χ0) is 29.1. The minimum absolute atomic E-state index is 0.0302. The average Bonchev–Trinajstić information content (AvgIpc) is 2.79. The van der Waals surface area contributed by atoms with Gasteiger partial charge in [0.25, 0.3) is 5.56 Å². The van der Waals surface area contributed by atoms with E-state index in [1.54, 1.807) is 6.92 Å². The van der Waals surface area contributed by atoms with Crippen molar-refractivity contribution in [2.75, 3.05) is 17.9 Å². The highest BCUT2D eigenvalue weighted by atomic mass is 32.2. The molecule has 1 aromatic carbocycles. The molecule has 0 saturated carbocycles. The average molecular weight is 569 g/mol. The maximum atomic E-state index is 13.0. The van der Waals surface area contributed by atoms with Crippen LogP contribution in [0.25, 0.3) is 0 Å². The van der Waals surface area contributed by atoms with E-state index >= 15 is 0 Å². The molecule has 1 heterocycles. The number of pyridine rings is 1. The fraction of sp³-hybridized carbons (Fsp3) is 0.300. The van der Waals surface area contributed by atoms with Gasteiger partial charge in [0.05, 0.1) is 12.4 Å². The molecule has 0 aliphatic carbocycles. The van der Waals surface area contributed by atoms with Gasteiger partial charge in [-0.3, -0.25) is 24.6 Å². The van der Waals surface area contributed by atoms with Crippen LogP contribution in [-0.2, 0) is 36.7 Å². The number of benzene rings is 1. The first kappa shape index (κ1) is 31.8. The van der Waals surface area contributed by atoms with Crippen molar-refractivity contribution in [2.24, 2.45) is 5.73 Å². The number of aromatic nitrogens is 1. The number of carboxylic acid groups (broad SMARTS) is 1. The van der Waals surface area contributed by atoms with Crippen LogP contribution in [0, 0.1) is 18.2 Å². The lowest BCUT2D eigenvalue weighted by molar-refractivity contribution is -0.192. The second-order valence-corrected chi connectivity index (χ2v) is 9.01. The molecule has 0 bridgehead atoms. The Labute approximate surface area is 213 Å². The van der Waals surface area contributed by atoms with Crippen molar-refractivity contribution >= 4 is 33.5 Å². The molecule has 1 amide bonds. The number of halogens is 4. The standard InChI is InChI=1S/C18H23FN6O5S.C2HF3O2/c1-12-2-7-15(24-31(28,29)11-13-3-5-14(19)6-4-13)17(27)25(12)10-16(26)22-8-9-30-23-18(20)21;3-2(4,5)1(6)7/h2-7,24H,8-11H2,1H3,(H,22,26)(H4,20,21,23);(H,6,7). The van der Waals surface area contributed by atoms with Gasteiger partial charge in [0.1, 0.15) is 18.0 Å². The van der Waals surface area contributed by atoms with E-state index in [9.17, 15) is 35.6 Å². The van der Waals surface area contributed by atoms with Crippen LogP contribution in [0.4, 0.5) is 23.2 Å². The fourth-order valence-electron chi connectivity index (χ4n) is 2.52. The maximum absolute atomic E-state index is 13.0. The largest absolute Gasteiger partial charge is 0.490 e. The third kappa shape index (κ3) is 11.7. The molecule has 2 aromatic rings.